The van der Waals surface area contributed by atoms with Crippen LogP contribution in [0.15, 0.2) is 29.2 Å². The van der Waals surface area contributed by atoms with Crippen LogP contribution in [0.4, 0.5) is 13.2 Å². The molecular weight excluding hydrogens is 405 g/mol. The van der Waals surface area contributed by atoms with Crippen LogP contribution in [0.2, 0.25) is 0 Å². The number of nitrogens with zero attached hydrogens (tertiary/aromatic N) is 2. The summed E-state index contributed by atoms with van der Waals surface area (Å²) in [6.07, 6.45) is -0.996. The highest BCUT2D eigenvalue weighted by atomic mass is 19.4. The van der Waals surface area contributed by atoms with Gasteiger partial charge in [0.15, 0.2) is 0 Å². The van der Waals surface area contributed by atoms with E-state index in [-0.39, 0.29) is 11.3 Å². The average Bonchev–Trinajstić information content (AvgIpc) is 2.70. The molecule has 4 nitrogen and oxygen atoms in total. The summed E-state index contributed by atoms with van der Waals surface area (Å²) >= 11 is 0. The molecule has 1 saturated heterocycles. The predicted octanol–water partition coefficient (Wildman–Crippen LogP) is 5.44. The minimum absolute atomic E-state index is 0.116. The van der Waals surface area contributed by atoms with Crippen molar-refractivity contribution in [3.63, 3.8) is 0 Å². The lowest BCUT2D eigenvalue weighted by Gasteiger charge is -2.34. The maximum Gasteiger partial charge on any atom is 0.573 e. The molecule has 3 rings (SSSR count). The summed E-state index contributed by atoms with van der Waals surface area (Å²) in [4.78, 5) is 14.3. The van der Waals surface area contributed by atoms with Crippen LogP contribution in [0.5, 0.6) is 5.75 Å². The van der Waals surface area contributed by atoms with Crippen molar-refractivity contribution in [2.24, 2.45) is 18.9 Å². The van der Waals surface area contributed by atoms with Gasteiger partial charge in [-0.25, -0.2) is 0 Å². The van der Waals surface area contributed by atoms with E-state index in [0.29, 0.717) is 35.1 Å². The fourth-order valence-corrected chi connectivity index (χ4v) is 4.36. The molecule has 170 valence electrons. The number of likely N-dealkylation sites (tertiary alicyclic amines) is 1. The lowest BCUT2D eigenvalue weighted by atomic mass is 9.86. The van der Waals surface area contributed by atoms with Crippen LogP contribution in [-0.2, 0) is 13.6 Å². The second-order valence-corrected chi connectivity index (χ2v) is 8.94. The molecule has 1 fully saturated rings. The molecule has 1 aromatic carbocycles. The molecule has 0 bridgehead atoms. The van der Waals surface area contributed by atoms with Crippen molar-refractivity contribution in [3.05, 3.63) is 51.4 Å². The molecule has 0 atom stereocenters. The Morgan fingerprint density at radius 2 is 1.77 bits per heavy atom. The van der Waals surface area contributed by atoms with Gasteiger partial charge >= 0.3 is 6.36 Å². The summed E-state index contributed by atoms with van der Waals surface area (Å²) in [5.74, 6) is 1.11. The largest absolute Gasteiger partial charge is 0.573 e. The van der Waals surface area contributed by atoms with E-state index in [1.165, 1.54) is 10.6 Å². The second-order valence-electron chi connectivity index (χ2n) is 8.94. The molecule has 7 heteroatoms. The highest BCUT2D eigenvalue weighted by molar-refractivity contribution is 5.69. The van der Waals surface area contributed by atoms with Crippen LogP contribution in [-0.4, -0.2) is 28.9 Å². The number of rotatable bonds is 5. The molecule has 1 aliphatic rings. The smallest absolute Gasteiger partial charge is 0.405 e. The van der Waals surface area contributed by atoms with Gasteiger partial charge in [0, 0.05) is 36.5 Å². The summed E-state index contributed by atoms with van der Waals surface area (Å²) in [7, 11) is 1.64. The molecule has 0 aliphatic carbocycles. The van der Waals surface area contributed by atoms with E-state index >= 15 is 0 Å². The Morgan fingerprint density at radius 3 is 2.35 bits per heavy atom. The minimum atomic E-state index is -4.77. The second kappa shape index (κ2) is 9.07. The number of piperidine rings is 1. The Kier molecular flexibility index (Phi) is 6.84. The third-order valence-electron chi connectivity index (χ3n) is 6.50. The van der Waals surface area contributed by atoms with Crippen molar-refractivity contribution >= 4 is 0 Å². The summed E-state index contributed by atoms with van der Waals surface area (Å²) < 4.78 is 45.3. The number of aromatic nitrogens is 1. The maximum absolute atomic E-state index is 13.2. The van der Waals surface area contributed by atoms with Crippen molar-refractivity contribution in [1.82, 2.24) is 9.47 Å². The lowest BCUT2D eigenvalue weighted by molar-refractivity contribution is -0.275. The lowest BCUT2D eigenvalue weighted by Crippen LogP contribution is -2.35. The van der Waals surface area contributed by atoms with Gasteiger partial charge in [0.1, 0.15) is 5.75 Å². The normalized spacial score (nSPS) is 16.2. The molecule has 0 saturated carbocycles. The van der Waals surface area contributed by atoms with Crippen molar-refractivity contribution in [1.29, 1.82) is 0 Å². The molecular formula is C24H31F3N2O2. The summed E-state index contributed by atoms with van der Waals surface area (Å²) in [6.45, 7) is 10.1. The van der Waals surface area contributed by atoms with Crippen LogP contribution in [0.25, 0.3) is 11.1 Å². The first-order valence-corrected chi connectivity index (χ1v) is 10.7. The Morgan fingerprint density at radius 1 is 1.13 bits per heavy atom. The van der Waals surface area contributed by atoms with Crippen LogP contribution < -0.4 is 10.3 Å². The third kappa shape index (κ3) is 5.50. The highest BCUT2D eigenvalue weighted by Crippen LogP contribution is 2.34. The number of alkyl halides is 3. The zero-order valence-electron chi connectivity index (χ0n) is 18.8. The molecule has 0 spiro atoms. The van der Waals surface area contributed by atoms with Crippen molar-refractivity contribution in [3.8, 4) is 16.9 Å². The van der Waals surface area contributed by atoms with Crippen LogP contribution in [0.3, 0.4) is 0 Å². The van der Waals surface area contributed by atoms with Gasteiger partial charge in [-0.15, -0.1) is 13.2 Å². The van der Waals surface area contributed by atoms with Crippen LogP contribution >= 0.6 is 0 Å². The molecule has 1 aromatic heterocycles. The zero-order chi connectivity index (χ0) is 22.9. The molecule has 0 radical (unpaired) electrons. The minimum Gasteiger partial charge on any atom is -0.405 e. The molecule has 1 aliphatic heterocycles. The van der Waals surface area contributed by atoms with Gasteiger partial charge in [0.2, 0.25) is 0 Å². The summed E-state index contributed by atoms with van der Waals surface area (Å²) in [5.41, 5.74) is 3.05. The monoisotopic (exact) mass is 436 g/mol. The Hall–Kier alpha value is -2.28. The number of hydrogen-bond donors (Lipinski definition) is 0. The first-order chi connectivity index (χ1) is 14.5. The van der Waals surface area contributed by atoms with Gasteiger partial charge in [-0.2, -0.15) is 0 Å². The summed E-state index contributed by atoms with van der Waals surface area (Å²) in [5, 5.41) is 0. The van der Waals surface area contributed by atoms with E-state index < -0.39 is 6.36 Å². The fraction of sp³-hybridized carbons (Fsp3) is 0.542. The van der Waals surface area contributed by atoms with Gasteiger partial charge in [-0.3, -0.25) is 9.69 Å². The number of halogens is 3. The van der Waals surface area contributed by atoms with E-state index in [2.05, 4.69) is 23.5 Å². The van der Waals surface area contributed by atoms with Crippen molar-refractivity contribution in [2.75, 3.05) is 13.1 Å². The highest BCUT2D eigenvalue weighted by Gasteiger charge is 2.33. The number of ether oxygens (including phenoxy) is 1. The quantitative estimate of drug-likeness (QED) is 0.626. The van der Waals surface area contributed by atoms with Gasteiger partial charge in [0.25, 0.3) is 5.56 Å². The third-order valence-corrected chi connectivity index (χ3v) is 6.50. The number of aryl methyl sites for hydroxylation is 1. The molecule has 0 N–H and O–H groups in total. The zero-order valence-corrected chi connectivity index (χ0v) is 18.8. The standard InChI is InChI=1S/C24H31F3N2O2/c1-15(2)18-8-10-29(11-9-18)13-20-7-6-19(12-22(20)31-24(25,26)27)21-14-28(5)23(30)17(4)16(21)3/h6-7,12,14-15,18H,8-11,13H2,1-5H3. The topological polar surface area (TPSA) is 34.5 Å². The van der Waals surface area contributed by atoms with E-state index in [1.54, 1.807) is 26.2 Å². The van der Waals surface area contributed by atoms with E-state index in [0.717, 1.165) is 37.1 Å². The first kappa shape index (κ1) is 23.4. The molecule has 0 amide bonds. The first-order valence-electron chi connectivity index (χ1n) is 10.7. The summed E-state index contributed by atoms with van der Waals surface area (Å²) in [6, 6.07) is 4.96. The fourth-order valence-electron chi connectivity index (χ4n) is 4.36. The maximum atomic E-state index is 13.2. The van der Waals surface area contributed by atoms with Crippen LogP contribution in [0.1, 0.15) is 43.4 Å². The average molecular weight is 437 g/mol. The molecule has 2 heterocycles. The Bertz CT molecular complexity index is 988. The van der Waals surface area contributed by atoms with Gasteiger partial charge < -0.3 is 9.30 Å². The Labute approximate surface area is 181 Å². The van der Waals surface area contributed by atoms with Gasteiger partial charge in [-0.05, 0) is 68.8 Å². The van der Waals surface area contributed by atoms with Gasteiger partial charge in [0.05, 0.1) is 0 Å². The SMILES string of the molecule is Cc1c(-c2ccc(CN3CCC(C(C)C)CC3)c(OC(F)(F)F)c2)cn(C)c(=O)c1C. The number of pyridine rings is 1. The van der Waals surface area contributed by atoms with Crippen molar-refractivity contribution in [2.45, 2.75) is 53.4 Å². The molecule has 31 heavy (non-hydrogen) atoms. The van der Waals surface area contributed by atoms with E-state index in [9.17, 15) is 18.0 Å². The Balaban J connectivity index is 1.93. The van der Waals surface area contributed by atoms with Crippen LogP contribution in [0, 0.1) is 25.7 Å². The number of hydrogen-bond acceptors (Lipinski definition) is 3. The van der Waals surface area contributed by atoms with Crippen molar-refractivity contribution < 1.29 is 17.9 Å². The van der Waals surface area contributed by atoms with Gasteiger partial charge in [-0.1, -0.05) is 26.0 Å². The van der Waals surface area contributed by atoms with E-state index in [1.807, 2.05) is 13.0 Å². The predicted molar refractivity (Wildman–Crippen MR) is 116 cm³/mol. The molecule has 2 aromatic rings. The van der Waals surface area contributed by atoms with E-state index in [4.69, 9.17) is 0 Å². The molecule has 0 unspecified atom stereocenters. The number of benzene rings is 1.